The maximum atomic E-state index is 14.8. The molecule has 0 saturated carbocycles. The van der Waals surface area contributed by atoms with Crippen LogP contribution in [-0.4, -0.2) is 53.5 Å². The molecular formula is C25H40FN3O3. The summed E-state index contributed by atoms with van der Waals surface area (Å²) in [7, 11) is 0. The summed E-state index contributed by atoms with van der Waals surface area (Å²) in [6, 6.07) is 2.06. The van der Waals surface area contributed by atoms with E-state index in [9.17, 15) is 9.18 Å². The van der Waals surface area contributed by atoms with Gasteiger partial charge in [0, 0.05) is 42.9 Å². The molecular weight excluding hydrogens is 409 g/mol. The maximum Gasteiger partial charge on any atom is 0.410 e. The van der Waals surface area contributed by atoms with Gasteiger partial charge in [-0.15, -0.1) is 0 Å². The number of aromatic nitrogens is 1. The van der Waals surface area contributed by atoms with Crippen molar-refractivity contribution < 1.29 is 18.7 Å². The number of carbonyl (C=O) groups is 1. The lowest BCUT2D eigenvalue weighted by molar-refractivity contribution is 0.0280. The number of amides is 1. The van der Waals surface area contributed by atoms with Crippen molar-refractivity contribution in [3.63, 3.8) is 0 Å². The third-order valence-corrected chi connectivity index (χ3v) is 5.95. The summed E-state index contributed by atoms with van der Waals surface area (Å²) in [5, 5.41) is 3.40. The Kier molecular flexibility index (Phi) is 8.23. The zero-order valence-electron chi connectivity index (χ0n) is 20.4. The van der Waals surface area contributed by atoms with E-state index in [0.717, 1.165) is 55.9 Å². The Bertz CT molecular complexity index is 778. The van der Waals surface area contributed by atoms with Gasteiger partial charge in [0.2, 0.25) is 0 Å². The number of pyridine rings is 1. The summed E-state index contributed by atoms with van der Waals surface area (Å²) >= 11 is 0. The quantitative estimate of drug-likeness (QED) is 0.528. The summed E-state index contributed by atoms with van der Waals surface area (Å²) < 4.78 is 26.3. The van der Waals surface area contributed by atoms with Crippen molar-refractivity contribution in [3.8, 4) is 5.75 Å². The number of aryl methyl sites for hydroxylation is 1. The maximum absolute atomic E-state index is 14.8. The fourth-order valence-corrected chi connectivity index (χ4v) is 4.40. The van der Waals surface area contributed by atoms with Crippen LogP contribution in [0.5, 0.6) is 5.75 Å². The number of halogens is 1. The molecule has 1 fully saturated rings. The number of rotatable bonds is 8. The molecule has 1 unspecified atom stereocenters. The highest BCUT2D eigenvalue weighted by atomic mass is 19.1. The number of alkyl halides is 1. The van der Waals surface area contributed by atoms with E-state index in [4.69, 9.17) is 14.5 Å². The molecule has 3 heterocycles. The molecule has 0 radical (unpaired) electrons. The Labute approximate surface area is 192 Å². The van der Waals surface area contributed by atoms with Gasteiger partial charge in [-0.1, -0.05) is 6.42 Å². The number of hydrogen-bond acceptors (Lipinski definition) is 5. The zero-order valence-corrected chi connectivity index (χ0v) is 20.4. The Morgan fingerprint density at radius 3 is 2.84 bits per heavy atom. The van der Waals surface area contributed by atoms with Crippen LogP contribution in [0.15, 0.2) is 6.07 Å². The van der Waals surface area contributed by atoms with E-state index >= 15 is 0 Å². The third-order valence-electron chi connectivity index (χ3n) is 5.95. The standard InChI is InChI=1S/C25H40FN3O3/c1-17(2)31-22-15-19(28-23-20(22)10-8-13-27-23)9-6-7-11-21(26)18-12-14-29(16-18)24(30)32-25(3,4)5/h15,17-18,21H,6-14,16H2,1-5H3,(H,27,28)/t18-,21?/m1/s1. The van der Waals surface area contributed by atoms with Gasteiger partial charge in [0.25, 0.3) is 0 Å². The Morgan fingerprint density at radius 1 is 1.34 bits per heavy atom. The van der Waals surface area contributed by atoms with Gasteiger partial charge in [-0.3, -0.25) is 0 Å². The van der Waals surface area contributed by atoms with E-state index in [1.807, 2.05) is 34.6 Å². The van der Waals surface area contributed by atoms with Crippen LogP contribution in [0, 0.1) is 5.92 Å². The van der Waals surface area contributed by atoms with Crippen molar-refractivity contribution in [1.82, 2.24) is 9.88 Å². The van der Waals surface area contributed by atoms with Crippen LogP contribution in [0.1, 0.15) is 78.0 Å². The van der Waals surface area contributed by atoms with Crippen molar-refractivity contribution >= 4 is 11.9 Å². The van der Waals surface area contributed by atoms with Gasteiger partial charge in [-0.25, -0.2) is 14.2 Å². The van der Waals surface area contributed by atoms with Gasteiger partial charge >= 0.3 is 6.09 Å². The summed E-state index contributed by atoms with van der Waals surface area (Å²) in [5.41, 5.74) is 1.65. The van der Waals surface area contributed by atoms with Crippen molar-refractivity contribution in [2.24, 2.45) is 5.92 Å². The Morgan fingerprint density at radius 2 is 2.12 bits per heavy atom. The molecule has 0 spiro atoms. The predicted octanol–water partition coefficient (Wildman–Crippen LogP) is 5.53. The predicted molar refractivity (Wildman–Crippen MR) is 125 cm³/mol. The first-order chi connectivity index (χ1) is 15.1. The van der Waals surface area contributed by atoms with Gasteiger partial charge < -0.3 is 19.7 Å². The average Bonchev–Trinajstić information content (AvgIpc) is 3.20. The summed E-state index contributed by atoms with van der Waals surface area (Å²) in [4.78, 5) is 18.6. The highest BCUT2D eigenvalue weighted by Crippen LogP contribution is 2.32. The molecule has 2 aliphatic rings. The van der Waals surface area contributed by atoms with Crippen LogP contribution in [-0.2, 0) is 17.6 Å². The van der Waals surface area contributed by atoms with Crippen molar-refractivity contribution in [1.29, 1.82) is 0 Å². The van der Waals surface area contributed by atoms with Crippen molar-refractivity contribution in [3.05, 3.63) is 17.3 Å². The summed E-state index contributed by atoms with van der Waals surface area (Å²) in [6.45, 7) is 11.6. The molecule has 180 valence electrons. The molecule has 2 atom stereocenters. The van der Waals surface area contributed by atoms with Crippen LogP contribution in [0.25, 0.3) is 0 Å². The number of nitrogens with one attached hydrogen (secondary N) is 1. The summed E-state index contributed by atoms with van der Waals surface area (Å²) in [6.07, 6.45) is 4.70. The minimum Gasteiger partial charge on any atom is -0.491 e. The molecule has 1 amide bonds. The largest absolute Gasteiger partial charge is 0.491 e. The van der Waals surface area contributed by atoms with Crippen LogP contribution >= 0.6 is 0 Å². The monoisotopic (exact) mass is 449 g/mol. The van der Waals surface area contributed by atoms with E-state index in [0.29, 0.717) is 25.9 Å². The fraction of sp³-hybridized carbons (Fsp3) is 0.760. The van der Waals surface area contributed by atoms with Crippen molar-refractivity contribution in [2.45, 2.75) is 97.4 Å². The SMILES string of the molecule is CC(C)Oc1cc(CCCCC(F)[C@@H]2CCN(C(=O)OC(C)(C)C)C2)nc2c1CCCN2. The highest BCUT2D eigenvalue weighted by molar-refractivity contribution is 5.68. The highest BCUT2D eigenvalue weighted by Gasteiger charge is 2.33. The second-order valence-electron chi connectivity index (χ2n) is 10.4. The second kappa shape index (κ2) is 10.7. The topological polar surface area (TPSA) is 63.7 Å². The molecule has 2 aliphatic heterocycles. The number of hydrogen-bond donors (Lipinski definition) is 1. The van der Waals surface area contributed by atoms with Crippen LogP contribution < -0.4 is 10.1 Å². The van der Waals surface area contributed by atoms with Gasteiger partial charge in [-0.05, 0) is 73.1 Å². The molecule has 0 aliphatic carbocycles. The molecule has 1 saturated heterocycles. The number of nitrogens with zero attached hydrogens (tertiary/aromatic N) is 2. The molecule has 3 rings (SSSR count). The zero-order chi connectivity index (χ0) is 23.3. The number of ether oxygens (including phenoxy) is 2. The van der Waals surface area contributed by atoms with E-state index in [-0.39, 0.29) is 18.1 Å². The molecule has 0 bridgehead atoms. The lowest BCUT2D eigenvalue weighted by Gasteiger charge is -2.24. The van der Waals surface area contributed by atoms with E-state index < -0.39 is 11.8 Å². The smallest absolute Gasteiger partial charge is 0.410 e. The number of unbranched alkanes of at least 4 members (excludes halogenated alkanes) is 1. The molecule has 1 aromatic heterocycles. The average molecular weight is 450 g/mol. The number of anilines is 1. The molecule has 7 heteroatoms. The molecule has 0 aromatic carbocycles. The minimum absolute atomic E-state index is 0.0976. The lowest BCUT2D eigenvalue weighted by Crippen LogP contribution is -2.36. The Hall–Kier alpha value is -2.05. The minimum atomic E-state index is -0.888. The normalized spacial score (nSPS) is 19.5. The number of carbonyl (C=O) groups excluding carboxylic acids is 1. The Balaban J connectivity index is 1.46. The van der Waals surface area contributed by atoms with E-state index in [1.54, 1.807) is 4.90 Å². The van der Waals surface area contributed by atoms with Gasteiger partial charge in [-0.2, -0.15) is 0 Å². The lowest BCUT2D eigenvalue weighted by atomic mass is 9.97. The van der Waals surface area contributed by atoms with Crippen molar-refractivity contribution in [2.75, 3.05) is 25.0 Å². The van der Waals surface area contributed by atoms with Gasteiger partial charge in [0.1, 0.15) is 23.3 Å². The molecule has 32 heavy (non-hydrogen) atoms. The third kappa shape index (κ3) is 6.97. The van der Waals surface area contributed by atoms with Crippen LogP contribution in [0.3, 0.4) is 0 Å². The molecule has 6 nitrogen and oxygen atoms in total. The second-order valence-corrected chi connectivity index (χ2v) is 10.4. The molecule has 1 N–H and O–H groups in total. The first-order valence-electron chi connectivity index (χ1n) is 12.2. The molecule has 1 aromatic rings. The van der Waals surface area contributed by atoms with Crippen LogP contribution in [0.2, 0.25) is 0 Å². The van der Waals surface area contributed by atoms with E-state index in [2.05, 4.69) is 11.4 Å². The number of likely N-dealkylation sites (tertiary alicyclic amines) is 1. The first kappa shape index (κ1) is 24.6. The van der Waals surface area contributed by atoms with Crippen LogP contribution in [0.4, 0.5) is 15.0 Å². The van der Waals surface area contributed by atoms with Gasteiger partial charge in [0.15, 0.2) is 0 Å². The fourth-order valence-electron chi connectivity index (χ4n) is 4.40. The van der Waals surface area contributed by atoms with Gasteiger partial charge in [0.05, 0.1) is 6.10 Å². The van der Waals surface area contributed by atoms with E-state index in [1.165, 1.54) is 5.56 Å². The first-order valence-corrected chi connectivity index (χ1v) is 12.2. The summed E-state index contributed by atoms with van der Waals surface area (Å²) in [5.74, 6) is 1.78. The number of fused-ring (bicyclic) bond motifs is 1.